The topological polar surface area (TPSA) is 47.0 Å². The van der Waals surface area contributed by atoms with Crippen molar-refractivity contribution in [3.8, 4) is 5.75 Å². The molecule has 3 aromatic rings. The number of hydrogen-bond donors (Lipinski definition) is 1. The molecule has 21 heavy (non-hydrogen) atoms. The second-order valence-electron chi connectivity index (χ2n) is 4.76. The fraction of sp³-hybridized carbons (Fsp3) is 0.188. The molecule has 0 bridgehead atoms. The molecule has 0 amide bonds. The molecule has 0 aliphatic rings. The molecule has 1 aromatic heterocycles. The van der Waals surface area contributed by atoms with Crippen molar-refractivity contribution in [1.82, 2.24) is 9.55 Å². The fourth-order valence-electron chi connectivity index (χ4n) is 2.30. The Morgan fingerprint density at radius 3 is 2.86 bits per heavy atom. The van der Waals surface area contributed by atoms with Crippen LogP contribution in [0.5, 0.6) is 5.75 Å². The number of halogens is 1. The molecule has 0 atom stereocenters. The molecule has 0 aliphatic heterocycles. The number of fused-ring (bicyclic) bond motifs is 1. The summed E-state index contributed by atoms with van der Waals surface area (Å²) in [6.07, 6.45) is 0.772. The van der Waals surface area contributed by atoms with Gasteiger partial charge in [-0.05, 0) is 36.8 Å². The van der Waals surface area contributed by atoms with Gasteiger partial charge in [-0.1, -0.05) is 34.1 Å². The van der Waals surface area contributed by atoms with Crippen molar-refractivity contribution in [3.05, 3.63) is 63.5 Å². The smallest absolute Gasteiger partial charge is 0.326 e. The van der Waals surface area contributed by atoms with E-state index in [2.05, 4.69) is 20.9 Å². The molecule has 0 radical (unpaired) electrons. The van der Waals surface area contributed by atoms with E-state index in [-0.39, 0.29) is 5.69 Å². The lowest BCUT2D eigenvalue weighted by atomic mass is 10.3. The number of benzene rings is 2. The first kappa shape index (κ1) is 13.9. The van der Waals surface area contributed by atoms with Gasteiger partial charge >= 0.3 is 5.69 Å². The Kier molecular flexibility index (Phi) is 4.10. The molecule has 4 nitrogen and oxygen atoms in total. The van der Waals surface area contributed by atoms with Gasteiger partial charge in [0.2, 0.25) is 0 Å². The first-order chi connectivity index (χ1) is 10.2. The van der Waals surface area contributed by atoms with Crippen LogP contribution in [-0.4, -0.2) is 16.2 Å². The Balaban J connectivity index is 1.62. The minimum absolute atomic E-state index is 0.0707. The molecule has 0 saturated carbocycles. The second-order valence-corrected chi connectivity index (χ2v) is 5.67. The van der Waals surface area contributed by atoms with Crippen molar-refractivity contribution in [2.45, 2.75) is 13.0 Å². The third kappa shape index (κ3) is 3.19. The van der Waals surface area contributed by atoms with Crippen molar-refractivity contribution >= 4 is 27.0 Å². The summed E-state index contributed by atoms with van der Waals surface area (Å²) in [7, 11) is 0. The zero-order chi connectivity index (χ0) is 14.7. The first-order valence-electron chi connectivity index (χ1n) is 6.80. The normalized spacial score (nSPS) is 10.9. The van der Waals surface area contributed by atoms with Crippen LogP contribution in [0.25, 0.3) is 11.0 Å². The van der Waals surface area contributed by atoms with E-state index in [9.17, 15) is 4.79 Å². The molecule has 0 fully saturated rings. The highest BCUT2D eigenvalue weighted by Gasteiger charge is 2.05. The number of aryl methyl sites for hydroxylation is 1. The van der Waals surface area contributed by atoms with E-state index in [4.69, 9.17) is 4.74 Å². The van der Waals surface area contributed by atoms with E-state index >= 15 is 0 Å². The summed E-state index contributed by atoms with van der Waals surface area (Å²) >= 11 is 3.41. The Labute approximate surface area is 130 Å². The molecular formula is C16H15BrN2O2. The van der Waals surface area contributed by atoms with Crippen LogP contribution in [0.15, 0.2) is 57.8 Å². The third-order valence-corrected chi connectivity index (χ3v) is 3.77. The van der Waals surface area contributed by atoms with E-state index in [1.54, 1.807) is 4.57 Å². The van der Waals surface area contributed by atoms with Gasteiger partial charge in [-0.15, -0.1) is 0 Å². The summed E-state index contributed by atoms with van der Waals surface area (Å²) < 4.78 is 8.42. The number of aromatic amines is 1. The molecule has 1 heterocycles. The van der Waals surface area contributed by atoms with Crippen LogP contribution in [0.4, 0.5) is 0 Å². The summed E-state index contributed by atoms with van der Waals surface area (Å²) in [5, 5.41) is 0. The van der Waals surface area contributed by atoms with E-state index in [0.29, 0.717) is 13.2 Å². The lowest BCUT2D eigenvalue weighted by Gasteiger charge is -2.07. The highest BCUT2D eigenvalue weighted by Crippen LogP contribution is 2.18. The number of ether oxygens (including phenoxy) is 1. The highest BCUT2D eigenvalue weighted by molar-refractivity contribution is 9.10. The van der Waals surface area contributed by atoms with Crippen LogP contribution in [0.2, 0.25) is 0 Å². The number of nitrogens with one attached hydrogen (secondary N) is 1. The Morgan fingerprint density at radius 1 is 1.14 bits per heavy atom. The van der Waals surface area contributed by atoms with Crippen molar-refractivity contribution in [2.24, 2.45) is 0 Å². The van der Waals surface area contributed by atoms with Gasteiger partial charge in [-0.3, -0.25) is 4.57 Å². The second kappa shape index (κ2) is 6.18. The van der Waals surface area contributed by atoms with Crippen LogP contribution < -0.4 is 10.4 Å². The van der Waals surface area contributed by atoms with Crippen molar-refractivity contribution in [1.29, 1.82) is 0 Å². The van der Waals surface area contributed by atoms with Crippen molar-refractivity contribution in [3.63, 3.8) is 0 Å². The minimum Gasteiger partial charge on any atom is -0.493 e. The van der Waals surface area contributed by atoms with E-state index in [1.807, 2.05) is 48.5 Å². The maximum absolute atomic E-state index is 11.9. The van der Waals surface area contributed by atoms with Crippen molar-refractivity contribution in [2.75, 3.05) is 6.61 Å². The monoisotopic (exact) mass is 346 g/mol. The van der Waals surface area contributed by atoms with Gasteiger partial charge in [-0.2, -0.15) is 0 Å². The number of hydrogen-bond acceptors (Lipinski definition) is 2. The molecule has 0 unspecified atom stereocenters. The Bertz CT molecular complexity index is 807. The summed E-state index contributed by atoms with van der Waals surface area (Å²) in [4.78, 5) is 14.8. The molecular weight excluding hydrogens is 332 g/mol. The van der Waals surface area contributed by atoms with Crippen LogP contribution >= 0.6 is 15.9 Å². The molecule has 2 aromatic carbocycles. The van der Waals surface area contributed by atoms with Crippen LogP contribution in [0, 0.1) is 0 Å². The van der Waals surface area contributed by atoms with Crippen molar-refractivity contribution < 1.29 is 4.74 Å². The average Bonchev–Trinajstić information content (AvgIpc) is 2.79. The van der Waals surface area contributed by atoms with E-state index in [1.165, 1.54) is 0 Å². The maximum atomic E-state index is 11.9. The number of aromatic nitrogens is 2. The molecule has 5 heteroatoms. The predicted octanol–water partition coefficient (Wildman–Crippen LogP) is 3.56. The minimum atomic E-state index is -0.0707. The van der Waals surface area contributed by atoms with Crippen LogP contribution in [0.3, 0.4) is 0 Å². The van der Waals surface area contributed by atoms with E-state index < -0.39 is 0 Å². The Hall–Kier alpha value is -2.01. The molecule has 0 saturated heterocycles. The number of rotatable bonds is 5. The molecule has 108 valence electrons. The summed E-state index contributed by atoms with van der Waals surface area (Å²) in [5.41, 5.74) is 1.74. The summed E-state index contributed by atoms with van der Waals surface area (Å²) in [6, 6.07) is 15.4. The quantitative estimate of drug-likeness (QED) is 0.718. The maximum Gasteiger partial charge on any atom is 0.326 e. The molecule has 3 rings (SSSR count). The van der Waals surface area contributed by atoms with Crippen LogP contribution in [0.1, 0.15) is 6.42 Å². The lowest BCUT2D eigenvalue weighted by molar-refractivity contribution is 0.301. The first-order valence-corrected chi connectivity index (χ1v) is 7.59. The summed E-state index contributed by atoms with van der Waals surface area (Å²) in [6.45, 7) is 1.21. The molecule has 1 N–H and O–H groups in total. The van der Waals surface area contributed by atoms with Gasteiger partial charge in [0.25, 0.3) is 0 Å². The van der Waals surface area contributed by atoms with Gasteiger partial charge in [0, 0.05) is 11.0 Å². The SMILES string of the molecule is O=c1[nH]c2ccccc2n1CCCOc1cccc(Br)c1. The number of nitrogens with zero attached hydrogens (tertiary/aromatic N) is 1. The predicted molar refractivity (Wildman–Crippen MR) is 86.8 cm³/mol. The summed E-state index contributed by atoms with van der Waals surface area (Å²) in [5.74, 6) is 0.829. The number of imidazole rings is 1. The average molecular weight is 347 g/mol. The zero-order valence-electron chi connectivity index (χ0n) is 11.4. The molecule has 0 aliphatic carbocycles. The van der Waals surface area contributed by atoms with Gasteiger partial charge in [0.05, 0.1) is 17.6 Å². The van der Waals surface area contributed by atoms with E-state index in [0.717, 1.165) is 27.7 Å². The zero-order valence-corrected chi connectivity index (χ0v) is 13.0. The van der Waals surface area contributed by atoms with Gasteiger partial charge in [0.1, 0.15) is 5.75 Å². The largest absolute Gasteiger partial charge is 0.493 e. The number of H-pyrrole nitrogens is 1. The van der Waals surface area contributed by atoms with Gasteiger partial charge in [0.15, 0.2) is 0 Å². The highest BCUT2D eigenvalue weighted by atomic mass is 79.9. The standard InChI is InChI=1S/C16H15BrN2O2/c17-12-5-3-6-13(11-12)21-10-4-9-19-15-8-2-1-7-14(15)18-16(19)20/h1-3,5-8,11H,4,9-10H2,(H,18,20). The lowest BCUT2D eigenvalue weighted by Crippen LogP contribution is -2.18. The Morgan fingerprint density at radius 2 is 2.00 bits per heavy atom. The molecule has 0 spiro atoms. The number of para-hydroxylation sites is 2. The fourth-order valence-corrected chi connectivity index (χ4v) is 2.68. The van der Waals surface area contributed by atoms with Crippen LogP contribution in [-0.2, 0) is 6.54 Å². The van der Waals surface area contributed by atoms with Gasteiger partial charge < -0.3 is 9.72 Å². The third-order valence-electron chi connectivity index (χ3n) is 3.27. The van der Waals surface area contributed by atoms with Gasteiger partial charge in [-0.25, -0.2) is 4.79 Å².